The van der Waals surface area contributed by atoms with Gasteiger partial charge < -0.3 is 14.5 Å². The highest BCUT2D eigenvalue weighted by atomic mass is 16.5. The fourth-order valence-corrected chi connectivity index (χ4v) is 4.57. The summed E-state index contributed by atoms with van der Waals surface area (Å²) < 4.78 is 6.19. The lowest BCUT2D eigenvalue weighted by Gasteiger charge is -2.37. The normalized spacial score (nSPS) is 15.2. The van der Waals surface area contributed by atoms with Crippen molar-refractivity contribution in [2.45, 2.75) is 19.0 Å². The minimum absolute atomic E-state index is 0.0418. The van der Waals surface area contributed by atoms with Crippen molar-refractivity contribution in [3.05, 3.63) is 108 Å². The van der Waals surface area contributed by atoms with Crippen molar-refractivity contribution in [1.29, 1.82) is 0 Å². The summed E-state index contributed by atoms with van der Waals surface area (Å²) in [4.78, 5) is 17.9. The molecule has 0 N–H and O–H groups in total. The van der Waals surface area contributed by atoms with Gasteiger partial charge in [-0.25, -0.2) is 0 Å². The van der Waals surface area contributed by atoms with Crippen molar-refractivity contribution in [2.24, 2.45) is 0 Å². The van der Waals surface area contributed by atoms with Gasteiger partial charge in [-0.1, -0.05) is 60.7 Å². The molecule has 0 saturated heterocycles. The Hall–Kier alpha value is -3.79. The second-order valence-electron chi connectivity index (χ2n) is 8.79. The van der Waals surface area contributed by atoms with E-state index in [0.717, 1.165) is 34.2 Å². The molecule has 0 aliphatic carbocycles. The lowest BCUT2D eigenvalue weighted by atomic mass is 9.93. The van der Waals surface area contributed by atoms with Crippen LogP contribution in [0.3, 0.4) is 0 Å². The Balaban J connectivity index is 1.43. The van der Waals surface area contributed by atoms with Crippen molar-refractivity contribution in [1.82, 2.24) is 4.90 Å². The average Bonchev–Trinajstić information content (AvgIpc) is 2.86. The van der Waals surface area contributed by atoms with Gasteiger partial charge in [-0.15, -0.1) is 0 Å². The Kier molecular flexibility index (Phi) is 5.74. The summed E-state index contributed by atoms with van der Waals surface area (Å²) in [5.74, 6) is 0.870. The summed E-state index contributed by atoms with van der Waals surface area (Å²) >= 11 is 0. The minimum atomic E-state index is -0.0418. The summed E-state index contributed by atoms with van der Waals surface area (Å²) in [6.45, 7) is 1.04. The van der Waals surface area contributed by atoms with Crippen LogP contribution in [0.1, 0.15) is 21.5 Å². The second kappa shape index (κ2) is 8.99. The maximum absolute atomic E-state index is 13.8. The molecule has 0 saturated carbocycles. The van der Waals surface area contributed by atoms with Gasteiger partial charge in [0.25, 0.3) is 5.91 Å². The maximum Gasteiger partial charge on any atom is 0.255 e. The predicted octanol–water partition coefficient (Wildman–Crippen LogP) is 5.55. The van der Waals surface area contributed by atoms with Gasteiger partial charge in [-0.2, -0.15) is 0 Å². The van der Waals surface area contributed by atoms with Crippen molar-refractivity contribution in [3.63, 3.8) is 0 Å². The molecular formula is C29H28N2O2. The van der Waals surface area contributed by atoms with Crippen LogP contribution in [0.15, 0.2) is 91.0 Å². The van der Waals surface area contributed by atoms with E-state index in [9.17, 15) is 4.79 Å². The zero-order valence-corrected chi connectivity index (χ0v) is 19.1. The van der Waals surface area contributed by atoms with Gasteiger partial charge >= 0.3 is 0 Å². The lowest BCUT2D eigenvalue weighted by Crippen LogP contribution is -2.47. The predicted molar refractivity (Wildman–Crippen MR) is 134 cm³/mol. The van der Waals surface area contributed by atoms with Crippen molar-refractivity contribution in [3.8, 4) is 5.75 Å². The average molecular weight is 437 g/mol. The number of nitrogens with zero attached hydrogens (tertiary/aromatic N) is 2. The van der Waals surface area contributed by atoms with E-state index in [4.69, 9.17) is 4.74 Å². The summed E-state index contributed by atoms with van der Waals surface area (Å²) in [5.41, 5.74) is 4.36. The zero-order chi connectivity index (χ0) is 22.8. The molecule has 4 nitrogen and oxygen atoms in total. The van der Waals surface area contributed by atoms with Gasteiger partial charge in [0.05, 0.1) is 6.04 Å². The van der Waals surface area contributed by atoms with Crippen molar-refractivity contribution >= 4 is 22.4 Å². The van der Waals surface area contributed by atoms with Gasteiger partial charge in [-0.05, 0) is 58.7 Å². The molecule has 1 aliphatic heterocycles. The molecule has 1 unspecified atom stereocenters. The molecule has 0 fully saturated rings. The van der Waals surface area contributed by atoms with Gasteiger partial charge in [0.15, 0.2) is 0 Å². The summed E-state index contributed by atoms with van der Waals surface area (Å²) in [6, 6.07) is 30.4. The quantitative estimate of drug-likeness (QED) is 0.411. The molecule has 5 rings (SSSR count). The third-order valence-electron chi connectivity index (χ3n) is 6.43. The number of carbonyl (C=O) groups excluding carboxylic acids is 1. The molecule has 0 spiro atoms. The highest BCUT2D eigenvalue weighted by Crippen LogP contribution is 2.28. The van der Waals surface area contributed by atoms with E-state index >= 15 is 0 Å². The fraction of sp³-hybridized carbons (Fsp3) is 0.207. The third kappa shape index (κ3) is 4.29. The summed E-state index contributed by atoms with van der Waals surface area (Å²) in [5, 5.41) is 2.07. The largest absolute Gasteiger partial charge is 0.491 e. The molecular weight excluding hydrogens is 408 g/mol. The number of amides is 1. The van der Waals surface area contributed by atoms with Gasteiger partial charge in [-0.3, -0.25) is 4.79 Å². The second-order valence-corrected chi connectivity index (χ2v) is 8.79. The highest BCUT2D eigenvalue weighted by molar-refractivity contribution is 6.07. The van der Waals surface area contributed by atoms with E-state index in [0.29, 0.717) is 13.2 Å². The molecule has 0 radical (unpaired) electrons. The van der Waals surface area contributed by atoms with Crippen LogP contribution in [0.5, 0.6) is 5.75 Å². The molecule has 0 aromatic heterocycles. The molecule has 4 aromatic rings. The first-order chi connectivity index (χ1) is 16.1. The first-order valence-corrected chi connectivity index (χ1v) is 11.4. The van der Waals surface area contributed by atoms with Crippen LogP contribution in [0.25, 0.3) is 10.8 Å². The first-order valence-electron chi connectivity index (χ1n) is 11.4. The van der Waals surface area contributed by atoms with Crippen LogP contribution in [-0.4, -0.2) is 37.6 Å². The number of carbonyl (C=O) groups is 1. The number of fused-ring (bicyclic) bond motifs is 2. The van der Waals surface area contributed by atoms with Crippen LogP contribution in [0.4, 0.5) is 5.69 Å². The molecule has 1 heterocycles. The SMILES string of the molecule is CN(C)c1ccc(OCC2Cc3ccccc3CN2C(=O)c2cccc3ccccc23)cc1. The van der Waals surface area contributed by atoms with E-state index in [2.05, 4.69) is 35.2 Å². The van der Waals surface area contributed by atoms with Crippen molar-refractivity contribution < 1.29 is 9.53 Å². The van der Waals surface area contributed by atoms with Gasteiger partial charge in [0.2, 0.25) is 0 Å². The van der Waals surface area contributed by atoms with E-state index < -0.39 is 0 Å². The van der Waals surface area contributed by atoms with Crippen LogP contribution < -0.4 is 9.64 Å². The molecule has 0 bridgehead atoms. The molecule has 1 amide bonds. The number of benzene rings is 4. The highest BCUT2D eigenvalue weighted by Gasteiger charge is 2.31. The van der Waals surface area contributed by atoms with E-state index in [1.165, 1.54) is 11.1 Å². The first kappa shape index (κ1) is 21.1. The molecule has 4 heteroatoms. The number of hydrogen-bond acceptors (Lipinski definition) is 3. The Morgan fingerprint density at radius 2 is 1.58 bits per heavy atom. The molecule has 33 heavy (non-hydrogen) atoms. The molecule has 1 atom stereocenters. The number of hydrogen-bond donors (Lipinski definition) is 0. The van der Waals surface area contributed by atoms with Gasteiger partial charge in [0.1, 0.15) is 12.4 Å². The Morgan fingerprint density at radius 1 is 0.879 bits per heavy atom. The monoisotopic (exact) mass is 436 g/mol. The van der Waals surface area contributed by atoms with Gasteiger partial charge in [0, 0.05) is 31.9 Å². The maximum atomic E-state index is 13.8. The fourth-order valence-electron chi connectivity index (χ4n) is 4.57. The zero-order valence-electron chi connectivity index (χ0n) is 19.1. The van der Waals surface area contributed by atoms with E-state index in [-0.39, 0.29) is 11.9 Å². The third-order valence-corrected chi connectivity index (χ3v) is 6.43. The van der Waals surface area contributed by atoms with Crippen molar-refractivity contribution in [2.75, 3.05) is 25.6 Å². The van der Waals surface area contributed by atoms with Crippen LogP contribution in [-0.2, 0) is 13.0 Å². The smallest absolute Gasteiger partial charge is 0.255 e. The van der Waals surface area contributed by atoms with E-state index in [1.54, 1.807) is 0 Å². The van der Waals surface area contributed by atoms with Crippen LogP contribution in [0, 0.1) is 0 Å². The molecule has 166 valence electrons. The van der Waals surface area contributed by atoms with Crippen LogP contribution >= 0.6 is 0 Å². The van der Waals surface area contributed by atoms with E-state index in [1.807, 2.05) is 79.7 Å². The summed E-state index contributed by atoms with van der Waals surface area (Å²) in [6.07, 6.45) is 0.780. The topological polar surface area (TPSA) is 32.8 Å². The number of anilines is 1. The summed E-state index contributed by atoms with van der Waals surface area (Å²) in [7, 11) is 4.04. The molecule has 1 aliphatic rings. The Morgan fingerprint density at radius 3 is 2.36 bits per heavy atom. The minimum Gasteiger partial charge on any atom is -0.491 e. The number of ether oxygens (including phenoxy) is 1. The lowest BCUT2D eigenvalue weighted by molar-refractivity contribution is 0.0568. The molecule has 4 aromatic carbocycles. The Labute approximate surface area is 195 Å². The van der Waals surface area contributed by atoms with Crippen LogP contribution in [0.2, 0.25) is 0 Å². The standard InChI is InChI=1S/C29H28N2O2/c1-30(2)24-14-16-26(17-15-24)33-20-25-18-22-9-3-4-10-23(22)19-31(25)29(32)28-13-7-11-21-8-5-6-12-27(21)28/h3-17,25H,18-20H2,1-2H3. The Bertz CT molecular complexity index is 1280. The number of rotatable bonds is 5.